The maximum absolute atomic E-state index is 13.3. The topological polar surface area (TPSA) is 96.8 Å². The lowest BCUT2D eigenvalue weighted by Gasteiger charge is -2.10. The van der Waals surface area contributed by atoms with Gasteiger partial charge in [0.25, 0.3) is 0 Å². The number of hydrogen-bond donors (Lipinski definition) is 2. The second-order valence-corrected chi connectivity index (χ2v) is 6.57. The molecular formula is C22H14F3N5O2. The summed E-state index contributed by atoms with van der Waals surface area (Å²) in [6.07, 6.45) is -1.39. The molecule has 2 aromatic heterocycles. The van der Waals surface area contributed by atoms with E-state index < -0.39 is 17.5 Å². The zero-order valence-electron chi connectivity index (χ0n) is 16.3. The Morgan fingerprint density at radius 1 is 1.03 bits per heavy atom. The predicted molar refractivity (Wildman–Crippen MR) is 107 cm³/mol. The highest BCUT2D eigenvalue weighted by Crippen LogP contribution is 2.34. The van der Waals surface area contributed by atoms with Crippen molar-refractivity contribution in [3.63, 3.8) is 0 Å². The number of rotatable bonds is 4. The van der Waals surface area contributed by atoms with Crippen molar-refractivity contribution in [1.29, 1.82) is 0 Å². The van der Waals surface area contributed by atoms with Gasteiger partial charge < -0.3 is 9.84 Å². The molecule has 10 heteroatoms. The van der Waals surface area contributed by atoms with Crippen molar-refractivity contribution in [2.75, 3.05) is 0 Å². The van der Waals surface area contributed by atoms with Crippen LogP contribution in [0.2, 0.25) is 0 Å². The van der Waals surface area contributed by atoms with Crippen molar-refractivity contribution >= 4 is 0 Å². The minimum absolute atomic E-state index is 0.172. The van der Waals surface area contributed by atoms with Crippen LogP contribution < -0.4 is 4.74 Å². The third-order valence-corrected chi connectivity index (χ3v) is 4.34. The van der Waals surface area contributed by atoms with Crippen LogP contribution in [0.1, 0.15) is 22.3 Å². The molecule has 7 nitrogen and oxygen atoms in total. The van der Waals surface area contributed by atoms with Gasteiger partial charge in [0, 0.05) is 29.1 Å². The number of nitrogens with one attached hydrogen (secondary N) is 1. The highest BCUT2D eigenvalue weighted by molar-refractivity contribution is 5.62. The van der Waals surface area contributed by atoms with Crippen LogP contribution in [0.15, 0.2) is 60.9 Å². The lowest BCUT2D eigenvalue weighted by molar-refractivity contribution is -0.137. The Balaban J connectivity index is 1.71. The van der Waals surface area contributed by atoms with E-state index in [1.807, 2.05) is 6.07 Å². The normalized spacial score (nSPS) is 11.0. The number of aromatic nitrogens is 5. The number of benzene rings is 2. The first-order valence-corrected chi connectivity index (χ1v) is 9.22. The van der Waals surface area contributed by atoms with Crippen LogP contribution in [0.5, 0.6) is 11.5 Å². The molecule has 0 atom stereocenters. The lowest BCUT2D eigenvalue weighted by Crippen LogP contribution is -2.07. The molecule has 2 N–H and O–H groups in total. The van der Waals surface area contributed by atoms with Gasteiger partial charge in [-0.05, 0) is 47.7 Å². The number of phenols is 1. The molecule has 0 fully saturated rings. The summed E-state index contributed by atoms with van der Waals surface area (Å²) in [5, 5.41) is 23.2. The molecule has 4 rings (SSSR count). The van der Waals surface area contributed by atoms with Crippen LogP contribution in [-0.4, -0.2) is 30.7 Å². The maximum atomic E-state index is 13.3. The fourth-order valence-corrected chi connectivity index (χ4v) is 2.82. The molecule has 0 saturated carbocycles. The van der Waals surface area contributed by atoms with Crippen LogP contribution in [-0.2, 0) is 12.8 Å². The van der Waals surface area contributed by atoms with E-state index >= 15 is 0 Å². The number of H-pyrrole nitrogens is 1. The molecule has 0 spiro atoms. The Hall–Kier alpha value is -4.39. The highest BCUT2D eigenvalue weighted by atomic mass is 19.4. The summed E-state index contributed by atoms with van der Waals surface area (Å²) in [5.41, 5.74) is 0.463. The van der Waals surface area contributed by atoms with E-state index in [1.54, 1.807) is 36.7 Å². The summed E-state index contributed by atoms with van der Waals surface area (Å²) in [5.74, 6) is 5.43. The van der Waals surface area contributed by atoms with E-state index in [4.69, 9.17) is 4.74 Å². The Labute approximate surface area is 179 Å². The summed E-state index contributed by atoms with van der Waals surface area (Å²) in [7, 11) is 0. The molecule has 0 saturated heterocycles. The minimum Gasteiger partial charge on any atom is -0.508 e. The standard InChI is InChI=1S/C22H14F3N5O2/c23-22(24,25)19-11-18(31)8-7-15(19)3-4-16-5-6-17(21-27-29-30-28-21)10-20(16)32-13-14-2-1-9-26-12-14/h1-2,5-12,31H,13H2,(H,27,28,29,30). The van der Waals surface area contributed by atoms with Crippen LogP contribution in [0.25, 0.3) is 11.4 Å². The van der Waals surface area contributed by atoms with Gasteiger partial charge in [-0.1, -0.05) is 17.9 Å². The lowest BCUT2D eigenvalue weighted by atomic mass is 10.1. The van der Waals surface area contributed by atoms with Crippen molar-refractivity contribution in [2.24, 2.45) is 0 Å². The van der Waals surface area contributed by atoms with Gasteiger partial charge in [0.05, 0.1) is 11.1 Å². The maximum Gasteiger partial charge on any atom is 0.417 e. The molecule has 32 heavy (non-hydrogen) atoms. The van der Waals surface area contributed by atoms with Gasteiger partial charge in [-0.2, -0.15) is 18.4 Å². The minimum atomic E-state index is -4.66. The third kappa shape index (κ3) is 4.84. The summed E-state index contributed by atoms with van der Waals surface area (Å²) in [6, 6.07) is 11.4. The van der Waals surface area contributed by atoms with Gasteiger partial charge in [0.15, 0.2) is 0 Å². The summed E-state index contributed by atoms with van der Waals surface area (Å²) >= 11 is 0. The van der Waals surface area contributed by atoms with Crippen molar-refractivity contribution < 1.29 is 23.0 Å². The monoisotopic (exact) mass is 437 g/mol. The molecule has 0 aliphatic heterocycles. The van der Waals surface area contributed by atoms with E-state index in [0.29, 0.717) is 28.8 Å². The largest absolute Gasteiger partial charge is 0.508 e. The fraction of sp³-hybridized carbons (Fsp3) is 0.0909. The molecular weight excluding hydrogens is 423 g/mol. The number of tetrazole rings is 1. The Bertz CT molecular complexity index is 1280. The van der Waals surface area contributed by atoms with E-state index in [2.05, 4.69) is 37.4 Å². The van der Waals surface area contributed by atoms with Crippen molar-refractivity contribution in [3.8, 4) is 34.7 Å². The Morgan fingerprint density at radius 2 is 1.84 bits per heavy atom. The first kappa shape index (κ1) is 20.9. The average Bonchev–Trinajstić information content (AvgIpc) is 3.32. The van der Waals surface area contributed by atoms with Crippen LogP contribution in [0.3, 0.4) is 0 Å². The second-order valence-electron chi connectivity index (χ2n) is 6.57. The van der Waals surface area contributed by atoms with E-state index in [1.165, 1.54) is 0 Å². The van der Waals surface area contributed by atoms with Crippen molar-refractivity contribution in [1.82, 2.24) is 25.6 Å². The van der Waals surface area contributed by atoms with E-state index in [9.17, 15) is 18.3 Å². The number of halogens is 3. The van der Waals surface area contributed by atoms with Crippen LogP contribution in [0, 0.1) is 11.8 Å². The van der Waals surface area contributed by atoms with E-state index in [-0.39, 0.29) is 12.2 Å². The van der Waals surface area contributed by atoms with Gasteiger partial charge in [-0.15, -0.1) is 10.2 Å². The number of ether oxygens (including phenoxy) is 1. The van der Waals surface area contributed by atoms with Gasteiger partial charge in [0.1, 0.15) is 18.1 Å². The van der Waals surface area contributed by atoms with Crippen molar-refractivity contribution in [3.05, 3.63) is 83.2 Å². The Morgan fingerprint density at radius 3 is 2.56 bits per heavy atom. The van der Waals surface area contributed by atoms with Gasteiger partial charge in [-0.25, -0.2) is 0 Å². The first-order chi connectivity index (χ1) is 15.4. The number of alkyl halides is 3. The smallest absolute Gasteiger partial charge is 0.417 e. The zero-order valence-corrected chi connectivity index (χ0v) is 16.3. The Kier molecular flexibility index (Phi) is 5.72. The summed E-state index contributed by atoms with van der Waals surface area (Å²) in [4.78, 5) is 4.03. The summed E-state index contributed by atoms with van der Waals surface area (Å²) in [6.45, 7) is 0.172. The van der Waals surface area contributed by atoms with Gasteiger partial charge in [-0.3, -0.25) is 4.98 Å². The molecule has 0 aliphatic carbocycles. The number of aromatic amines is 1. The number of aromatic hydroxyl groups is 1. The number of pyridine rings is 1. The molecule has 2 aromatic carbocycles. The number of hydrogen-bond acceptors (Lipinski definition) is 6. The van der Waals surface area contributed by atoms with E-state index in [0.717, 1.165) is 17.7 Å². The zero-order chi connectivity index (χ0) is 22.6. The third-order valence-electron chi connectivity index (χ3n) is 4.34. The van der Waals surface area contributed by atoms with Crippen molar-refractivity contribution in [2.45, 2.75) is 12.8 Å². The number of phenolic OH excluding ortho intramolecular Hbond substituents is 1. The van der Waals surface area contributed by atoms with Gasteiger partial charge >= 0.3 is 6.18 Å². The predicted octanol–water partition coefficient (Wildman–Crippen LogP) is 3.96. The number of nitrogens with zero attached hydrogens (tertiary/aromatic N) is 4. The average molecular weight is 437 g/mol. The summed E-state index contributed by atoms with van der Waals surface area (Å²) < 4.78 is 45.8. The molecule has 0 bridgehead atoms. The second kappa shape index (κ2) is 8.77. The highest BCUT2D eigenvalue weighted by Gasteiger charge is 2.33. The molecule has 0 amide bonds. The van der Waals surface area contributed by atoms with Gasteiger partial charge in [0.2, 0.25) is 5.82 Å². The quantitative estimate of drug-likeness (QED) is 0.469. The SMILES string of the molecule is Oc1ccc(C#Cc2ccc(-c3nn[nH]n3)cc2OCc2cccnc2)c(C(F)(F)F)c1. The molecule has 0 aliphatic rings. The molecule has 160 valence electrons. The van der Waals surface area contributed by atoms with Crippen LogP contribution >= 0.6 is 0 Å². The van der Waals surface area contributed by atoms with Crippen LogP contribution in [0.4, 0.5) is 13.2 Å². The molecule has 0 unspecified atom stereocenters. The molecule has 2 heterocycles. The fourth-order valence-electron chi connectivity index (χ4n) is 2.82. The first-order valence-electron chi connectivity index (χ1n) is 9.22. The molecule has 0 radical (unpaired) electrons. The molecule has 4 aromatic rings.